The number of methoxy groups -OCH3 is 1. The zero-order valence-corrected chi connectivity index (χ0v) is 14.4. The Labute approximate surface area is 154 Å². The van der Waals surface area contributed by atoms with E-state index in [1.54, 1.807) is 42.6 Å². The zero-order chi connectivity index (χ0) is 18.5. The summed E-state index contributed by atoms with van der Waals surface area (Å²) in [5.74, 6) is -0.0278. The van der Waals surface area contributed by atoms with Crippen molar-refractivity contribution in [2.45, 2.75) is 0 Å². The monoisotopic (exact) mass is 372 g/mol. The predicted octanol–water partition coefficient (Wildman–Crippen LogP) is 4.54. The molecule has 0 atom stereocenters. The van der Waals surface area contributed by atoms with Gasteiger partial charge in [-0.15, -0.1) is 0 Å². The first-order valence-electron chi connectivity index (χ1n) is 7.55. The van der Waals surface area contributed by atoms with E-state index in [1.807, 2.05) is 0 Å². The van der Waals surface area contributed by atoms with Crippen LogP contribution in [0.1, 0.15) is 10.4 Å². The van der Waals surface area contributed by atoms with Gasteiger partial charge in [0.15, 0.2) is 0 Å². The van der Waals surface area contributed by atoms with Crippen LogP contribution in [0.15, 0.2) is 54.7 Å². The van der Waals surface area contributed by atoms with Crippen molar-refractivity contribution >= 4 is 40.7 Å². The van der Waals surface area contributed by atoms with Crippen LogP contribution in [-0.2, 0) is 4.74 Å². The van der Waals surface area contributed by atoms with E-state index < -0.39 is 11.8 Å². The number of benzene rings is 2. The highest BCUT2D eigenvalue weighted by atomic mass is 35.5. The second kappa shape index (κ2) is 7.79. The van der Waals surface area contributed by atoms with E-state index in [4.69, 9.17) is 11.6 Å². The van der Waals surface area contributed by atoms with Crippen molar-refractivity contribution in [3.8, 4) is 0 Å². The first-order valence-corrected chi connectivity index (χ1v) is 7.93. The minimum absolute atomic E-state index is 0.0214. The van der Waals surface area contributed by atoms with Crippen molar-refractivity contribution in [2.24, 2.45) is 0 Å². The second-order valence-corrected chi connectivity index (χ2v) is 5.62. The number of rotatable bonds is 5. The molecule has 0 aliphatic rings. The van der Waals surface area contributed by atoms with E-state index in [2.05, 4.69) is 25.3 Å². The van der Waals surface area contributed by atoms with Crippen molar-refractivity contribution in [3.05, 3.63) is 71.1 Å². The quantitative estimate of drug-likeness (QED) is 0.640. The number of anilines is 4. The molecule has 0 fully saturated rings. The third-order valence-electron chi connectivity index (χ3n) is 3.41. The van der Waals surface area contributed by atoms with E-state index in [-0.39, 0.29) is 5.02 Å². The normalized spacial score (nSPS) is 10.3. The number of ether oxygens (including phenoxy) is 1. The summed E-state index contributed by atoms with van der Waals surface area (Å²) in [4.78, 5) is 19.9. The molecular formula is C18H14ClFN4O2. The van der Waals surface area contributed by atoms with Gasteiger partial charge in [-0.1, -0.05) is 11.6 Å². The van der Waals surface area contributed by atoms with Crippen molar-refractivity contribution in [2.75, 3.05) is 17.7 Å². The van der Waals surface area contributed by atoms with E-state index in [9.17, 15) is 9.18 Å². The molecule has 3 rings (SSSR count). The van der Waals surface area contributed by atoms with Gasteiger partial charge in [-0.2, -0.15) is 4.98 Å². The lowest BCUT2D eigenvalue weighted by atomic mass is 10.2. The highest BCUT2D eigenvalue weighted by Gasteiger charge is 2.06. The van der Waals surface area contributed by atoms with Crippen LogP contribution in [0.5, 0.6) is 0 Å². The lowest BCUT2D eigenvalue weighted by Crippen LogP contribution is -2.02. The first-order chi connectivity index (χ1) is 12.5. The van der Waals surface area contributed by atoms with Crippen molar-refractivity contribution in [1.29, 1.82) is 0 Å². The molecule has 2 N–H and O–H groups in total. The molecule has 2 aromatic carbocycles. The number of nitrogens with one attached hydrogen (secondary N) is 2. The molecule has 0 aliphatic heterocycles. The Bertz CT molecular complexity index is 935. The van der Waals surface area contributed by atoms with Crippen LogP contribution in [0, 0.1) is 5.82 Å². The van der Waals surface area contributed by atoms with Gasteiger partial charge in [0, 0.05) is 17.6 Å². The fourth-order valence-electron chi connectivity index (χ4n) is 2.15. The van der Waals surface area contributed by atoms with Crippen molar-refractivity contribution < 1.29 is 13.9 Å². The van der Waals surface area contributed by atoms with Crippen LogP contribution >= 0.6 is 11.6 Å². The van der Waals surface area contributed by atoms with E-state index >= 15 is 0 Å². The summed E-state index contributed by atoms with van der Waals surface area (Å²) in [7, 11) is 1.33. The maximum atomic E-state index is 13.2. The Hall–Kier alpha value is -3.19. The Morgan fingerprint density at radius 3 is 2.50 bits per heavy atom. The highest BCUT2D eigenvalue weighted by Crippen LogP contribution is 2.22. The fourth-order valence-corrected chi connectivity index (χ4v) is 2.33. The molecule has 0 amide bonds. The van der Waals surface area contributed by atoms with Gasteiger partial charge in [-0.25, -0.2) is 14.2 Å². The highest BCUT2D eigenvalue weighted by molar-refractivity contribution is 6.31. The molecule has 0 spiro atoms. The molecule has 132 valence electrons. The largest absolute Gasteiger partial charge is 0.465 e. The Morgan fingerprint density at radius 2 is 1.81 bits per heavy atom. The zero-order valence-electron chi connectivity index (χ0n) is 13.7. The lowest BCUT2D eigenvalue weighted by Gasteiger charge is -2.09. The molecule has 1 aromatic heterocycles. The average Bonchev–Trinajstić information content (AvgIpc) is 2.65. The number of nitrogens with zero attached hydrogens (tertiary/aromatic N) is 2. The van der Waals surface area contributed by atoms with E-state index in [0.29, 0.717) is 28.7 Å². The minimum atomic E-state index is -0.488. The SMILES string of the molecule is COC(=O)c1ccc(Nc2nccc(Nc3ccc(F)c(Cl)c3)n2)cc1. The third kappa shape index (κ3) is 4.25. The summed E-state index contributed by atoms with van der Waals surface area (Å²) in [6.07, 6.45) is 1.58. The Morgan fingerprint density at radius 1 is 1.08 bits per heavy atom. The molecular weight excluding hydrogens is 359 g/mol. The van der Waals surface area contributed by atoms with Crippen LogP contribution in [0.4, 0.5) is 27.5 Å². The Kier molecular flexibility index (Phi) is 5.28. The number of hydrogen-bond acceptors (Lipinski definition) is 6. The number of hydrogen-bond donors (Lipinski definition) is 2. The van der Waals surface area contributed by atoms with Gasteiger partial charge in [-0.3, -0.25) is 0 Å². The molecule has 8 heteroatoms. The van der Waals surface area contributed by atoms with Crippen LogP contribution in [0.2, 0.25) is 5.02 Å². The van der Waals surface area contributed by atoms with Crippen molar-refractivity contribution in [3.63, 3.8) is 0 Å². The summed E-state index contributed by atoms with van der Waals surface area (Å²) in [5, 5.41) is 6.08. The van der Waals surface area contributed by atoms with E-state index in [0.717, 1.165) is 0 Å². The summed E-state index contributed by atoms with van der Waals surface area (Å²) < 4.78 is 17.9. The summed E-state index contributed by atoms with van der Waals surface area (Å²) in [6.45, 7) is 0. The maximum Gasteiger partial charge on any atom is 0.337 e. The average molecular weight is 373 g/mol. The summed E-state index contributed by atoms with van der Waals surface area (Å²) in [6, 6.07) is 12.7. The lowest BCUT2D eigenvalue weighted by molar-refractivity contribution is 0.0601. The number of halogens is 2. The fraction of sp³-hybridized carbons (Fsp3) is 0.0556. The molecule has 0 radical (unpaired) electrons. The van der Waals surface area contributed by atoms with Crippen LogP contribution in [-0.4, -0.2) is 23.0 Å². The summed E-state index contributed by atoms with van der Waals surface area (Å²) >= 11 is 5.77. The van der Waals surface area contributed by atoms with Gasteiger partial charge in [0.2, 0.25) is 5.95 Å². The molecule has 1 heterocycles. The van der Waals surface area contributed by atoms with Crippen molar-refractivity contribution in [1.82, 2.24) is 9.97 Å². The second-order valence-electron chi connectivity index (χ2n) is 5.21. The minimum Gasteiger partial charge on any atom is -0.465 e. The number of carbonyl (C=O) groups excluding carboxylic acids is 1. The predicted molar refractivity (Wildman–Crippen MR) is 97.8 cm³/mol. The van der Waals surface area contributed by atoms with Crippen LogP contribution in [0.3, 0.4) is 0 Å². The molecule has 0 unspecified atom stereocenters. The maximum absolute atomic E-state index is 13.2. The molecule has 0 saturated carbocycles. The molecule has 3 aromatic rings. The molecule has 26 heavy (non-hydrogen) atoms. The van der Waals surface area contributed by atoms with Gasteiger partial charge >= 0.3 is 5.97 Å². The van der Waals surface area contributed by atoms with Gasteiger partial charge in [0.05, 0.1) is 17.7 Å². The van der Waals surface area contributed by atoms with Crippen LogP contribution in [0.25, 0.3) is 0 Å². The topological polar surface area (TPSA) is 76.1 Å². The van der Waals surface area contributed by atoms with Gasteiger partial charge in [0.1, 0.15) is 11.6 Å². The van der Waals surface area contributed by atoms with Crippen LogP contribution < -0.4 is 10.6 Å². The molecule has 0 bridgehead atoms. The molecule has 0 saturated heterocycles. The summed E-state index contributed by atoms with van der Waals surface area (Å²) in [5.41, 5.74) is 1.76. The van der Waals surface area contributed by atoms with Gasteiger partial charge < -0.3 is 15.4 Å². The Balaban J connectivity index is 1.72. The number of aromatic nitrogens is 2. The van der Waals surface area contributed by atoms with E-state index in [1.165, 1.54) is 19.2 Å². The van der Waals surface area contributed by atoms with Gasteiger partial charge in [-0.05, 0) is 48.5 Å². The standard InChI is InChI=1S/C18H14ClFN4O2/c1-26-17(25)11-2-4-12(5-3-11)23-18-21-9-8-16(24-18)22-13-6-7-15(20)14(19)10-13/h2-10H,1H3,(H2,21,22,23,24). The molecule has 6 nitrogen and oxygen atoms in total. The number of carbonyl (C=O) groups is 1. The van der Waals surface area contributed by atoms with Gasteiger partial charge in [0.25, 0.3) is 0 Å². The molecule has 0 aliphatic carbocycles. The number of esters is 1. The smallest absolute Gasteiger partial charge is 0.337 e. The first kappa shape index (κ1) is 17.6. The third-order valence-corrected chi connectivity index (χ3v) is 3.70.